The molecule has 0 heterocycles. The van der Waals surface area contributed by atoms with Crippen LogP contribution in [0.2, 0.25) is 0 Å². The van der Waals surface area contributed by atoms with Crippen LogP contribution in [0.5, 0.6) is 0 Å². The molecule has 0 radical (unpaired) electrons. The molecule has 10 heavy (non-hydrogen) atoms. The van der Waals surface area contributed by atoms with Gasteiger partial charge < -0.3 is 5.11 Å². The van der Waals surface area contributed by atoms with Gasteiger partial charge in [0.05, 0.1) is 5.60 Å². The molecule has 0 amide bonds. The van der Waals surface area contributed by atoms with E-state index in [-0.39, 0.29) is 0 Å². The molecule has 1 nitrogen and oxygen atoms in total. The Morgan fingerprint density at radius 2 is 2.00 bits per heavy atom. The fourth-order valence-electron chi connectivity index (χ4n) is 0.969. The summed E-state index contributed by atoms with van der Waals surface area (Å²) in [7, 11) is 0. The van der Waals surface area contributed by atoms with Gasteiger partial charge in [-0.05, 0) is 31.8 Å². The van der Waals surface area contributed by atoms with E-state index < -0.39 is 5.60 Å². The van der Waals surface area contributed by atoms with Crippen LogP contribution in [-0.2, 0) is 0 Å². The molecule has 0 aromatic rings. The Morgan fingerprint density at radius 1 is 1.60 bits per heavy atom. The summed E-state index contributed by atoms with van der Waals surface area (Å²) in [6.45, 7) is 11.6. The molecule has 60 valence electrons. The fraction of sp³-hybridized carbons (Fsp3) is 0.778. The molecule has 0 aromatic carbocycles. The van der Waals surface area contributed by atoms with E-state index in [0.29, 0.717) is 5.92 Å². The summed E-state index contributed by atoms with van der Waals surface area (Å²) >= 11 is 0. The Hall–Kier alpha value is -0.300. The quantitative estimate of drug-likeness (QED) is 0.600. The molecule has 1 heteroatoms. The first-order valence-electron chi connectivity index (χ1n) is 3.74. The van der Waals surface area contributed by atoms with E-state index in [1.54, 1.807) is 0 Å². The van der Waals surface area contributed by atoms with Crippen molar-refractivity contribution in [1.29, 1.82) is 0 Å². The van der Waals surface area contributed by atoms with Crippen LogP contribution in [0.25, 0.3) is 0 Å². The van der Waals surface area contributed by atoms with Gasteiger partial charge in [0.1, 0.15) is 0 Å². The number of hydrogen-bond acceptors (Lipinski definition) is 1. The normalized spacial score (nSPS) is 17.0. The SMILES string of the molecule is C=C(C)C(C)(O)CC(C)C. The second-order valence-electron chi connectivity index (χ2n) is 3.65. The first kappa shape index (κ1) is 9.70. The minimum Gasteiger partial charge on any atom is -0.386 e. The van der Waals surface area contributed by atoms with Crippen molar-refractivity contribution in [2.24, 2.45) is 5.92 Å². The second kappa shape index (κ2) is 3.20. The zero-order chi connectivity index (χ0) is 8.36. The van der Waals surface area contributed by atoms with Crippen molar-refractivity contribution in [2.75, 3.05) is 0 Å². The summed E-state index contributed by atoms with van der Waals surface area (Å²) in [5.74, 6) is 0.520. The van der Waals surface area contributed by atoms with Gasteiger partial charge in [0, 0.05) is 0 Å². The van der Waals surface area contributed by atoms with Crippen molar-refractivity contribution < 1.29 is 5.11 Å². The van der Waals surface area contributed by atoms with Gasteiger partial charge in [-0.3, -0.25) is 0 Å². The lowest BCUT2D eigenvalue weighted by atomic mass is 9.89. The summed E-state index contributed by atoms with van der Waals surface area (Å²) < 4.78 is 0. The highest BCUT2D eigenvalue weighted by Gasteiger charge is 2.21. The third kappa shape index (κ3) is 3.02. The van der Waals surface area contributed by atoms with Crippen molar-refractivity contribution in [2.45, 2.75) is 39.7 Å². The molecule has 0 aliphatic rings. The van der Waals surface area contributed by atoms with Gasteiger partial charge in [-0.2, -0.15) is 0 Å². The maximum Gasteiger partial charge on any atom is 0.0825 e. The minimum absolute atomic E-state index is 0.520. The van der Waals surface area contributed by atoms with Crippen molar-refractivity contribution in [1.82, 2.24) is 0 Å². The molecule has 1 unspecified atom stereocenters. The Labute approximate surface area is 63.8 Å². The van der Waals surface area contributed by atoms with Crippen LogP contribution in [0.4, 0.5) is 0 Å². The van der Waals surface area contributed by atoms with Crippen molar-refractivity contribution in [3.63, 3.8) is 0 Å². The average molecular weight is 142 g/mol. The smallest absolute Gasteiger partial charge is 0.0825 e. The zero-order valence-electron chi connectivity index (χ0n) is 7.44. The molecule has 0 aliphatic carbocycles. The summed E-state index contributed by atoms with van der Waals surface area (Å²) in [5.41, 5.74) is 0.176. The lowest BCUT2D eigenvalue weighted by Crippen LogP contribution is -2.26. The molecular weight excluding hydrogens is 124 g/mol. The van der Waals surface area contributed by atoms with E-state index in [0.717, 1.165) is 12.0 Å². The fourth-order valence-corrected chi connectivity index (χ4v) is 0.969. The van der Waals surface area contributed by atoms with Gasteiger partial charge in [0.25, 0.3) is 0 Å². The van der Waals surface area contributed by atoms with E-state index in [2.05, 4.69) is 20.4 Å². The highest BCUT2D eigenvalue weighted by molar-refractivity contribution is 5.06. The van der Waals surface area contributed by atoms with Gasteiger partial charge in [-0.25, -0.2) is 0 Å². The molecule has 0 saturated heterocycles. The van der Waals surface area contributed by atoms with Gasteiger partial charge in [-0.1, -0.05) is 20.4 Å². The third-order valence-electron chi connectivity index (χ3n) is 1.73. The Morgan fingerprint density at radius 3 is 2.10 bits per heavy atom. The Kier molecular flexibility index (Phi) is 3.10. The second-order valence-corrected chi connectivity index (χ2v) is 3.65. The molecule has 1 N–H and O–H groups in total. The number of hydrogen-bond donors (Lipinski definition) is 1. The molecule has 0 rings (SSSR count). The van der Waals surface area contributed by atoms with E-state index >= 15 is 0 Å². The Balaban J connectivity index is 4.00. The molecule has 0 aromatic heterocycles. The zero-order valence-corrected chi connectivity index (χ0v) is 7.44. The average Bonchev–Trinajstić information content (AvgIpc) is 1.60. The third-order valence-corrected chi connectivity index (χ3v) is 1.73. The van der Waals surface area contributed by atoms with Crippen molar-refractivity contribution >= 4 is 0 Å². The first-order valence-corrected chi connectivity index (χ1v) is 3.74. The highest BCUT2D eigenvalue weighted by atomic mass is 16.3. The van der Waals surface area contributed by atoms with Crippen LogP contribution >= 0.6 is 0 Å². The standard InChI is InChI=1S/C9H18O/c1-7(2)6-9(5,10)8(3)4/h7,10H,3,6H2,1-2,4-5H3. The van der Waals surface area contributed by atoms with Crippen LogP contribution in [-0.4, -0.2) is 10.7 Å². The topological polar surface area (TPSA) is 20.2 Å². The molecule has 0 saturated carbocycles. The van der Waals surface area contributed by atoms with Crippen LogP contribution in [0.3, 0.4) is 0 Å². The molecule has 0 fully saturated rings. The molecule has 0 spiro atoms. The lowest BCUT2D eigenvalue weighted by Gasteiger charge is -2.25. The van der Waals surface area contributed by atoms with E-state index in [4.69, 9.17) is 0 Å². The predicted octanol–water partition coefficient (Wildman–Crippen LogP) is 2.36. The van der Waals surface area contributed by atoms with Crippen LogP contribution in [0, 0.1) is 5.92 Å². The van der Waals surface area contributed by atoms with Gasteiger partial charge in [-0.15, -0.1) is 0 Å². The van der Waals surface area contributed by atoms with Gasteiger partial charge in [0.2, 0.25) is 0 Å². The van der Waals surface area contributed by atoms with Crippen LogP contribution in [0.1, 0.15) is 34.1 Å². The maximum absolute atomic E-state index is 9.66. The minimum atomic E-state index is -0.672. The van der Waals surface area contributed by atoms with Gasteiger partial charge in [0.15, 0.2) is 0 Å². The van der Waals surface area contributed by atoms with Crippen molar-refractivity contribution in [3.8, 4) is 0 Å². The van der Waals surface area contributed by atoms with Gasteiger partial charge >= 0.3 is 0 Å². The molecule has 0 aliphatic heterocycles. The van der Waals surface area contributed by atoms with E-state index in [1.807, 2.05) is 13.8 Å². The largest absolute Gasteiger partial charge is 0.386 e. The number of aliphatic hydroxyl groups is 1. The molecule has 0 bridgehead atoms. The lowest BCUT2D eigenvalue weighted by molar-refractivity contribution is 0.0758. The summed E-state index contributed by atoms with van der Waals surface area (Å²) in [6, 6.07) is 0. The van der Waals surface area contributed by atoms with E-state index in [9.17, 15) is 5.11 Å². The van der Waals surface area contributed by atoms with Crippen LogP contribution < -0.4 is 0 Å². The molecular formula is C9H18O. The monoisotopic (exact) mass is 142 g/mol. The molecule has 1 atom stereocenters. The maximum atomic E-state index is 9.66. The summed E-state index contributed by atoms with van der Waals surface area (Å²) in [5, 5.41) is 9.66. The summed E-state index contributed by atoms with van der Waals surface area (Å²) in [4.78, 5) is 0. The predicted molar refractivity (Wildman–Crippen MR) is 44.9 cm³/mol. The van der Waals surface area contributed by atoms with Crippen LogP contribution in [0.15, 0.2) is 12.2 Å². The Bertz CT molecular complexity index is 123. The van der Waals surface area contributed by atoms with Crippen molar-refractivity contribution in [3.05, 3.63) is 12.2 Å². The highest BCUT2D eigenvalue weighted by Crippen LogP contribution is 2.22. The number of rotatable bonds is 3. The first-order chi connectivity index (χ1) is 4.36. The summed E-state index contributed by atoms with van der Waals surface area (Å²) in [6.07, 6.45) is 0.794. The van der Waals surface area contributed by atoms with E-state index in [1.165, 1.54) is 0 Å².